The fourth-order valence-electron chi connectivity index (χ4n) is 2.77. The van der Waals surface area contributed by atoms with Gasteiger partial charge < -0.3 is 5.32 Å². The van der Waals surface area contributed by atoms with Crippen molar-refractivity contribution in [1.82, 2.24) is 5.32 Å². The standard InChI is InChI=1S/C17H20ClNS/c1-2-19-17(15-10-11-16(18)20-15)14-8-6-13(7-9-14)12-4-3-5-12/h6-12,17,19H,2-5H2,1H3. The van der Waals surface area contributed by atoms with Crippen LogP contribution in [0.3, 0.4) is 0 Å². The number of halogens is 1. The van der Waals surface area contributed by atoms with Gasteiger partial charge in [-0.1, -0.05) is 49.2 Å². The van der Waals surface area contributed by atoms with Crippen LogP contribution in [0.4, 0.5) is 0 Å². The topological polar surface area (TPSA) is 12.0 Å². The molecule has 1 N–H and O–H groups in total. The number of hydrogen-bond donors (Lipinski definition) is 1. The van der Waals surface area contributed by atoms with Gasteiger partial charge in [0.05, 0.1) is 10.4 Å². The summed E-state index contributed by atoms with van der Waals surface area (Å²) in [5.74, 6) is 0.804. The predicted octanol–water partition coefficient (Wildman–Crippen LogP) is 5.37. The molecule has 1 aliphatic rings. The molecule has 0 spiro atoms. The van der Waals surface area contributed by atoms with E-state index in [2.05, 4.69) is 42.6 Å². The van der Waals surface area contributed by atoms with E-state index >= 15 is 0 Å². The molecule has 3 heteroatoms. The summed E-state index contributed by atoms with van der Waals surface area (Å²) in [5, 5.41) is 3.56. The Hall–Kier alpha value is -0.830. The van der Waals surface area contributed by atoms with Gasteiger partial charge >= 0.3 is 0 Å². The van der Waals surface area contributed by atoms with Crippen LogP contribution in [0.1, 0.15) is 54.1 Å². The van der Waals surface area contributed by atoms with Crippen molar-refractivity contribution in [3.8, 4) is 0 Å². The van der Waals surface area contributed by atoms with Gasteiger partial charge in [0.2, 0.25) is 0 Å². The lowest BCUT2D eigenvalue weighted by molar-refractivity contribution is 0.419. The molecule has 2 aromatic rings. The van der Waals surface area contributed by atoms with Crippen LogP contribution in [0.5, 0.6) is 0 Å². The van der Waals surface area contributed by atoms with Gasteiger partial charge in [-0.25, -0.2) is 0 Å². The van der Waals surface area contributed by atoms with Crippen molar-refractivity contribution in [1.29, 1.82) is 0 Å². The third-order valence-corrected chi connectivity index (χ3v) is 5.43. The quantitative estimate of drug-likeness (QED) is 0.783. The SMILES string of the molecule is CCNC(c1ccc(C2CCC2)cc1)c1ccc(Cl)s1. The lowest BCUT2D eigenvalue weighted by Crippen LogP contribution is -2.21. The van der Waals surface area contributed by atoms with Gasteiger partial charge in [-0.3, -0.25) is 0 Å². The Kier molecular flexibility index (Phi) is 4.45. The van der Waals surface area contributed by atoms with Crippen LogP contribution in [0.2, 0.25) is 4.34 Å². The van der Waals surface area contributed by atoms with Crippen LogP contribution in [-0.4, -0.2) is 6.54 Å². The van der Waals surface area contributed by atoms with E-state index in [1.54, 1.807) is 11.3 Å². The van der Waals surface area contributed by atoms with E-state index in [4.69, 9.17) is 11.6 Å². The molecule has 1 aliphatic carbocycles. The monoisotopic (exact) mass is 305 g/mol. The predicted molar refractivity (Wildman–Crippen MR) is 87.9 cm³/mol. The highest BCUT2D eigenvalue weighted by Gasteiger charge is 2.20. The second-order valence-electron chi connectivity index (χ2n) is 5.43. The maximum absolute atomic E-state index is 6.08. The largest absolute Gasteiger partial charge is 0.306 e. The van der Waals surface area contributed by atoms with Gasteiger partial charge in [-0.2, -0.15) is 0 Å². The second kappa shape index (κ2) is 6.30. The first-order chi connectivity index (χ1) is 9.78. The Balaban J connectivity index is 1.83. The zero-order chi connectivity index (χ0) is 13.9. The van der Waals surface area contributed by atoms with Gasteiger partial charge in [0, 0.05) is 4.88 Å². The summed E-state index contributed by atoms with van der Waals surface area (Å²) in [4.78, 5) is 1.29. The zero-order valence-corrected chi connectivity index (χ0v) is 13.3. The van der Waals surface area contributed by atoms with Gasteiger partial charge in [-0.15, -0.1) is 11.3 Å². The summed E-state index contributed by atoms with van der Waals surface area (Å²) in [6.07, 6.45) is 4.10. The first-order valence-corrected chi connectivity index (χ1v) is 8.56. The van der Waals surface area contributed by atoms with Crippen molar-refractivity contribution in [2.75, 3.05) is 6.54 Å². The van der Waals surface area contributed by atoms with Gasteiger partial charge in [0.1, 0.15) is 0 Å². The molecule has 1 saturated carbocycles. The summed E-state index contributed by atoms with van der Waals surface area (Å²) in [7, 11) is 0. The summed E-state index contributed by atoms with van der Waals surface area (Å²) >= 11 is 7.74. The molecule has 1 fully saturated rings. The number of nitrogens with one attached hydrogen (secondary N) is 1. The first kappa shape index (κ1) is 14.1. The molecule has 0 saturated heterocycles. The van der Waals surface area contributed by atoms with Crippen LogP contribution >= 0.6 is 22.9 Å². The molecule has 20 heavy (non-hydrogen) atoms. The Morgan fingerprint density at radius 2 is 1.95 bits per heavy atom. The third kappa shape index (κ3) is 2.93. The molecule has 1 aromatic carbocycles. The van der Waals surface area contributed by atoms with E-state index in [0.717, 1.165) is 16.8 Å². The summed E-state index contributed by atoms with van der Waals surface area (Å²) in [6, 6.07) is 13.5. The molecule has 1 heterocycles. The molecule has 1 atom stereocenters. The lowest BCUT2D eigenvalue weighted by Gasteiger charge is -2.26. The molecule has 1 aromatic heterocycles. The van der Waals surface area contributed by atoms with Gasteiger partial charge in [0.15, 0.2) is 0 Å². The molecule has 1 unspecified atom stereocenters. The normalized spacial score (nSPS) is 16.9. The summed E-state index contributed by atoms with van der Waals surface area (Å²) in [5.41, 5.74) is 2.83. The summed E-state index contributed by atoms with van der Waals surface area (Å²) < 4.78 is 0.856. The zero-order valence-electron chi connectivity index (χ0n) is 11.7. The van der Waals surface area contributed by atoms with Gasteiger partial charge in [-0.05, 0) is 48.6 Å². The fraction of sp³-hybridized carbons (Fsp3) is 0.412. The molecule has 1 nitrogen and oxygen atoms in total. The number of rotatable bonds is 5. The Morgan fingerprint density at radius 3 is 2.45 bits per heavy atom. The highest BCUT2D eigenvalue weighted by atomic mass is 35.5. The minimum atomic E-state index is 0.257. The van der Waals surface area contributed by atoms with Gasteiger partial charge in [0.25, 0.3) is 0 Å². The van der Waals surface area contributed by atoms with Crippen molar-refractivity contribution in [2.45, 2.75) is 38.1 Å². The first-order valence-electron chi connectivity index (χ1n) is 7.36. The molecule has 0 amide bonds. The highest BCUT2D eigenvalue weighted by Crippen LogP contribution is 2.37. The van der Waals surface area contributed by atoms with Crippen molar-refractivity contribution >= 4 is 22.9 Å². The van der Waals surface area contributed by atoms with E-state index in [1.807, 2.05) is 6.07 Å². The summed E-state index contributed by atoms with van der Waals surface area (Å²) in [6.45, 7) is 3.09. The van der Waals surface area contributed by atoms with Crippen LogP contribution in [0, 0.1) is 0 Å². The van der Waals surface area contributed by atoms with Crippen LogP contribution in [-0.2, 0) is 0 Å². The molecule has 0 aliphatic heterocycles. The number of benzene rings is 1. The molecule has 3 rings (SSSR count). The van der Waals surface area contributed by atoms with Crippen molar-refractivity contribution in [3.63, 3.8) is 0 Å². The van der Waals surface area contributed by atoms with Crippen molar-refractivity contribution in [3.05, 3.63) is 56.7 Å². The smallest absolute Gasteiger partial charge is 0.0931 e. The van der Waals surface area contributed by atoms with E-state index in [-0.39, 0.29) is 6.04 Å². The molecule has 106 valence electrons. The van der Waals surface area contributed by atoms with E-state index in [1.165, 1.54) is 35.3 Å². The minimum Gasteiger partial charge on any atom is -0.306 e. The second-order valence-corrected chi connectivity index (χ2v) is 7.17. The van der Waals surface area contributed by atoms with E-state index in [0.29, 0.717) is 0 Å². The van der Waals surface area contributed by atoms with E-state index < -0.39 is 0 Å². The lowest BCUT2D eigenvalue weighted by atomic mass is 9.80. The molecular formula is C17H20ClNS. The highest BCUT2D eigenvalue weighted by molar-refractivity contribution is 7.16. The Labute approximate surface area is 130 Å². The maximum Gasteiger partial charge on any atom is 0.0931 e. The number of hydrogen-bond acceptors (Lipinski definition) is 2. The van der Waals surface area contributed by atoms with Crippen LogP contribution in [0.25, 0.3) is 0 Å². The average molecular weight is 306 g/mol. The van der Waals surface area contributed by atoms with Crippen LogP contribution in [0.15, 0.2) is 36.4 Å². The van der Waals surface area contributed by atoms with Crippen LogP contribution < -0.4 is 5.32 Å². The van der Waals surface area contributed by atoms with Crippen molar-refractivity contribution in [2.24, 2.45) is 0 Å². The molecular weight excluding hydrogens is 286 g/mol. The minimum absolute atomic E-state index is 0.257. The Bertz CT molecular complexity index is 557. The Morgan fingerprint density at radius 1 is 1.20 bits per heavy atom. The molecule has 0 bridgehead atoms. The third-order valence-electron chi connectivity index (χ3n) is 4.13. The molecule has 0 radical (unpaired) electrons. The maximum atomic E-state index is 6.08. The average Bonchev–Trinajstić information content (AvgIpc) is 2.82. The van der Waals surface area contributed by atoms with Crippen molar-refractivity contribution < 1.29 is 0 Å². The fourth-order valence-corrected chi connectivity index (χ4v) is 3.94. The van der Waals surface area contributed by atoms with E-state index in [9.17, 15) is 0 Å². The number of thiophene rings is 1.